The van der Waals surface area contributed by atoms with Crippen molar-refractivity contribution < 1.29 is 37.8 Å². The van der Waals surface area contributed by atoms with Gasteiger partial charge in [-0.25, -0.2) is 9.13 Å². The van der Waals surface area contributed by atoms with Crippen LogP contribution in [-0.4, -0.2) is 62.3 Å². The largest absolute Gasteiger partial charge is 0.469 e. The first-order valence-electron chi connectivity index (χ1n) is 19.5. The van der Waals surface area contributed by atoms with Crippen molar-refractivity contribution in [3.63, 3.8) is 0 Å². The van der Waals surface area contributed by atoms with E-state index >= 15 is 0 Å². The van der Waals surface area contributed by atoms with E-state index in [1.54, 1.807) is 0 Å². The normalized spacial score (nSPS) is 11.7. The molecule has 0 aromatic carbocycles. The molecular formula is C36H78NaO8P2. The van der Waals surface area contributed by atoms with Crippen molar-refractivity contribution >= 4 is 45.2 Å². The summed E-state index contributed by atoms with van der Waals surface area (Å²) in [7, 11) is -8.51. The molecule has 0 fully saturated rings. The van der Waals surface area contributed by atoms with E-state index in [0.29, 0.717) is 0 Å². The fourth-order valence-electron chi connectivity index (χ4n) is 5.67. The van der Waals surface area contributed by atoms with Crippen molar-refractivity contribution in [1.82, 2.24) is 0 Å². The van der Waals surface area contributed by atoms with E-state index in [1.807, 2.05) is 0 Å². The summed E-state index contributed by atoms with van der Waals surface area (Å²) < 4.78 is 29.8. The van der Waals surface area contributed by atoms with Crippen LogP contribution in [0.4, 0.5) is 0 Å². The summed E-state index contributed by atoms with van der Waals surface area (Å²) in [4.78, 5) is 34.1. The Labute approximate surface area is 313 Å². The zero-order valence-electron chi connectivity index (χ0n) is 31.4. The predicted molar refractivity (Wildman–Crippen MR) is 201 cm³/mol. The van der Waals surface area contributed by atoms with Crippen LogP contribution >= 0.6 is 15.6 Å². The molecule has 0 atom stereocenters. The molecule has 0 aromatic rings. The van der Waals surface area contributed by atoms with Gasteiger partial charge in [0.25, 0.3) is 0 Å². The van der Waals surface area contributed by atoms with Crippen LogP contribution < -0.4 is 0 Å². The number of hydrogen-bond donors (Lipinski definition) is 4. The molecule has 1 radical (unpaired) electrons. The number of unbranched alkanes of at least 4 members (excludes halogenated alkanes) is 30. The van der Waals surface area contributed by atoms with Crippen LogP contribution in [0, 0.1) is 0 Å². The molecular weight excluding hydrogens is 645 g/mol. The maximum atomic E-state index is 10.5. The fourth-order valence-corrected chi connectivity index (χ4v) is 6.40. The molecule has 0 saturated carbocycles. The first-order valence-corrected chi connectivity index (χ1v) is 22.6. The van der Waals surface area contributed by atoms with Crippen molar-refractivity contribution in [3.05, 3.63) is 0 Å². The Bertz CT molecular complexity index is 619. The summed E-state index contributed by atoms with van der Waals surface area (Å²) in [6.07, 6.45) is 41.4. The fraction of sp³-hybridized carbons (Fsp3) is 1.00. The van der Waals surface area contributed by atoms with Crippen LogP contribution in [0.3, 0.4) is 0 Å². The molecule has 0 saturated heterocycles. The maximum absolute atomic E-state index is 10.5. The minimum atomic E-state index is -4.26. The van der Waals surface area contributed by atoms with E-state index in [9.17, 15) is 9.13 Å². The standard InChI is InChI=1S/2C18H39O4P.Na/c2*1-2-3-4-5-6-7-8-9-10-11-12-13-14-15-16-17-18-22-23(19,20)21;/h2*2-18H2,1H3,(H2,19,20,21);. The average Bonchev–Trinajstić information content (AvgIpc) is 2.99. The third-order valence-electron chi connectivity index (χ3n) is 8.51. The SMILES string of the molecule is CCCCCCCCCCCCCCCCCCOP(=O)(O)O.CCCCCCCCCCCCCCCCCCOP(=O)(O)O.[Na]. The zero-order chi connectivity index (χ0) is 34.5. The molecule has 0 aliphatic heterocycles. The summed E-state index contributed by atoms with van der Waals surface area (Å²) >= 11 is 0. The Morgan fingerprint density at radius 1 is 0.319 bits per heavy atom. The van der Waals surface area contributed by atoms with Gasteiger partial charge in [-0.15, -0.1) is 0 Å². The second-order valence-corrected chi connectivity index (χ2v) is 15.7. The quantitative estimate of drug-likeness (QED) is 0.0285. The second kappa shape index (κ2) is 41.6. The van der Waals surface area contributed by atoms with E-state index in [1.165, 1.54) is 167 Å². The van der Waals surface area contributed by atoms with E-state index < -0.39 is 15.6 Å². The zero-order valence-corrected chi connectivity index (χ0v) is 35.1. The van der Waals surface area contributed by atoms with Crippen molar-refractivity contribution in [3.8, 4) is 0 Å². The number of hydrogen-bond acceptors (Lipinski definition) is 4. The van der Waals surface area contributed by atoms with Gasteiger partial charge in [0.1, 0.15) is 0 Å². The molecule has 0 rings (SSSR count). The number of phosphoric acid groups is 2. The minimum Gasteiger partial charge on any atom is -0.303 e. The summed E-state index contributed by atoms with van der Waals surface area (Å²) in [5.74, 6) is 0. The van der Waals surface area contributed by atoms with E-state index in [4.69, 9.17) is 19.6 Å². The van der Waals surface area contributed by atoms with Crippen molar-refractivity contribution in [2.75, 3.05) is 13.2 Å². The van der Waals surface area contributed by atoms with Crippen molar-refractivity contribution in [1.29, 1.82) is 0 Å². The molecule has 281 valence electrons. The Kier molecular flexibility index (Phi) is 46.6. The van der Waals surface area contributed by atoms with Crippen LogP contribution in [0.25, 0.3) is 0 Å². The van der Waals surface area contributed by atoms with Gasteiger partial charge in [-0.05, 0) is 12.8 Å². The first kappa shape index (κ1) is 52.6. The van der Waals surface area contributed by atoms with E-state index in [0.717, 1.165) is 38.5 Å². The molecule has 0 aliphatic carbocycles. The Morgan fingerprint density at radius 3 is 0.617 bits per heavy atom. The number of phosphoric ester groups is 2. The molecule has 47 heavy (non-hydrogen) atoms. The predicted octanol–water partition coefficient (Wildman–Crippen LogP) is 12.3. The van der Waals surface area contributed by atoms with Gasteiger partial charge in [0.15, 0.2) is 0 Å². The van der Waals surface area contributed by atoms with Crippen LogP contribution in [0.5, 0.6) is 0 Å². The van der Waals surface area contributed by atoms with Gasteiger partial charge < -0.3 is 19.6 Å². The van der Waals surface area contributed by atoms with Crippen LogP contribution in [0.1, 0.15) is 219 Å². The maximum Gasteiger partial charge on any atom is 0.469 e. The molecule has 0 unspecified atom stereocenters. The monoisotopic (exact) mass is 724 g/mol. The van der Waals surface area contributed by atoms with Crippen molar-refractivity contribution in [2.45, 2.75) is 219 Å². The smallest absolute Gasteiger partial charge is 0.303 e. The van der Waals surface area contributed by atoms with Gasteiger partial charge in [0.05, 0.1) is 13.2 Å². The molecule has 0 heterocycles. The Balaban J connectivity index is -0.000000807. The van der Waals surface area contributed by atoms with Crippen molar-refractivity contribution in [2.24, 2.45) is 0 Å². The summed E-state index contributed by atoms with van der Waals surface area (Å²) in [6.45, 7) is 4.87. The summed E-state index contributed by atoms with van der Waals surface area (Å²) in [5.41, 5.74) is 0. The number of rotatable bonds is 36. The van der Waals surface area contributed by atoms with Crippen LogP contribution in [0.15, 0.2) is 0 Å². The third kappa shape index (κ3) is 56.8. The molecule has 0 spiro atoms. The Hall–Kier alpha value is 1.22. The topological polar surface area (TPSA) is 134 Å². The molecule has 0 aromatic heterocycles. The van der Waals surface area contributed by atoms with Gasteiger partial charge in [-0.3, -0.25) is 9.05 Å². The van der Waals surface area contributed by atoms with Crippen LogP contribution in [-0.2, 0) is 18.2 Å². The van der Waals surface area contributed by atoms with Gasteiger partial charge >= 0.3 is 15.6 Å². The first-order chi connectivity index (χ1) is 22.1. The van der Waals surface area contributed by atoms with E-state index in [2.05, 4.69) is 22.9 Å². The van der Waals surface area contributed by atoms with Gasteiger partial charge in [0.2, 0.25) is 0 Å². The summed E-state index contributed by atoms with van der Waals surface area (Å²) in [5, 5.41) is 0. The summed E-state index contributed by atoms with van der Waals surface area (Å²) in [6, 6.07) is 0. The van der Waals surface area contributed by atoms with Gasteiger partial charge in [-0.1, -0.05) is 206 Å². The molecule has 4 N–H and O–H groups in total. The van der Waals surface area contributed by atoms with Gasteiger partial charge in [-0.2, -0.15) is 0 Å². The van der Waals surface area contributed by atoms with Gasteiger partial charge in [0, 0.05) is 29.6 Å². The second-order valence-electron chi connectivity index (χ2n) is 13.3. The Morgan fingerprint density at radius 2 is 0.468 bits per heavy atom. The average molecular weight is 724 g/mol. The third-order valence-corrected chi connectivity index (χ3v) is 9.55. The van der Waals surface area contributed by atoms with E-state index in [-0.39, 0.29) is 42.8 Å². The van der Waals surface area contributed by atoms with Crippen LogP contribution in [0.2, 0.25) is 0 Å². The molecule has 11 heteroatoms. The molecule has 0 amide bonds. The molecule has 8 nitrogen and oxygen atoms in total. The minimum absolute atomic E-state index is 0. The molecule has 0 aliphatic rings. The molecule has 0 bridgehead atoms.